The molecule has 1 saturated heterocycles. The summed E-state index contributed by atoms with van der Waals surface area (Å²) in [7, 11) is -1.30. The van der Waals surface area contributed by atoms with Gasteiger partial charge in [0.05, 0.1) is 21.7 Å². The number of sulfone groups is 1. The molecule has 0 aromatic carbocycles. The average Bonchev–Trinajstić information content (AvgIpc) is 3.40. The van der Waals surface area contributed by atoms with E-state index in [1.807, 2.05) is 19.3 Å². The lowest BCUT2D eigenvalue weighted by molar-refractivity contribution is 0.474. The quantitative estimate of drug-likeness (QED) is 0.607. The molecule has 1 atom stereocenters. The molecular weight excluding hydrogens is 430 g/mol. The van der Waals surface area contributed by atoms with E-state index in [4.69, 9.17) is 10.8 Å². The van der Waals surface area contributed by atoms with Crippen LogP contribution in [0.1, 0.15) is 39.7 Å². The van der Waals surface area contributed by atoms with Gasteiger partial charge in [-0.15, -0.1) is 0 Å². The van der Waals surface area contributed by atoms with Gasteiger partial charge in [0.25, 0.3) is 5.56 Å². The third-order valence-electron chi connectivity index (χ3n) is 7.02. The molecule has 3 N–H and O–H groups in total. The Morgan fingerprint density at radius 2 is 2.03 bits per heavy atom. The number of anilines is 2. The number of rotatable bonds is 4. The first-order valence-corrected chi connectivity index (χ1v) is 12.6. The minimum absolute atomic E-state index is 0.0660. The topological polar surface area (TPSA) is 132 Å². The smallest absolute Gasteiger partial charge is 0.264 e. The molecule has 0 unspecified atom stereocenters. The molecule has 3 aromatic rings. The molecule has 11 heteroatoms. The van der Waals surface area contributed by atoms with E-state index in [9.17, 15) is 13.2 Å². The van der Waals surface area contributed by atoms with Gasteiger partial charge < -0.3 is 15.2 Å². The van der Waals surface area contributed by atoms with Crippen molar-refractivity contribution in [3.8, 4) is 11.3 Å². The van der Waals surface area contributed by atoms with E-state index in [1.165, 1.54) is 0 Å². The van der Waals surface area contributed by atoms with Crippen LogP contribution in [0.4, 0.5) is 11.6 Å². The third kappa shape index (κ3) is 3.13. The molecular formula is C21H29N7O3S. The van der Waals surface area contributed by atoms with Gasteiger partial charge >= 0.3 is 0 Å². The first-order valence-electron chi connectivity index (χ1n) is 10.9. The Kier molecular flexibility index (Phi) is 4.50. The van der Waals surface area contributed by atoms with Crippen LogP contribution in [0, 0.1) is 5.92 Å². The molecule has 172 valence electrons. The highest BCUT2D eigenvalue weighted by atomic mass is 32.2. The molecule has 0 bridgehead atoms. The molecule has 2 aliphatic rings. The van der Waals surface area contributed by atoms with Crippen molar-refractivity contribution >= 4 is 32.4 Å². The van der Waals surface area contributed by atoms with Gasteiger partial charge in [0.2, 0.25) is 0 Å². The fourth-order valence-corrected chi connectivity index (χ4v) is 6.05. The maximum absolute atomic E-state index is 13.2. The second kappa shape index (κ2) is 6.84. The third-order valence-corrected chi connectivity index (χ3v) is 9.55. The first kappa shape index (κ1) is 21.0. The molecule has 32 heavy (non-hydrogen) atoms. The lowest BCUT2D eigenvalue weighted by Gasteiger charge is -2.38. The Bertz CT molecular complexity index is 1380. The number of aryl methyl sites for hydroxylation is 1. The average molecular weight is 460 g/mol. The number of nitrogens with zero attached hydrogens (tertiary/aromatic N) is 5. The molecule has 3 aromatic heterocycles. The molecule has 4 heterocycles. The van der Waals surface area contributed by atoms with Gasteiger partial charge in [-0.3, -0.25) is 14.6 Å². The largest absolute Gasteiger partial charge is 0.382 e. The Labute approximate surface area is 186 Å². The van der Waals surface area contributed by atoms with Gasteiger partial charge in [-0.1, -0.05) is 0 Å². The highest BCUT2D eigenvalue weighted by Crippen LogP contribution is 2.40. The van der Waals surface area contributed by atoms with Gasteiger partial charge in [0, 0.05) is 44.0 Å². The predicted molar refractivity (Wildman–Crippen MR) is 124 cm³/mol. The highest BCUT2D eigenvalue weighted by Gasteiger charge is 2.41. The number of fused-ring (bicyclic) bond motifs is 1. The predicted octanol–water partition coefficient (Wildman–Crippen LogP) is 1.69. The number of hydrogen-bond donors (Lipinski definition) is 2. The number of nitrogen functional groups attached to an aromatic ring is 1. The molecule has 1 aliphatic heterocycles. The van der Waals surface area contributed by atoms with Crippen LogP contribution >= 0.6 is 0 Å². The van der Waals surface area contributed by atoms with Crippen molar-refractivity contribution in [3.63, 3.8) is 0 Å². The second-order valence-corrected chi connectivity index (χ2v) is 12.4. The summed E-state index contributed by atoms with van der Waals surface area (Å²) in [6.45, 7) is 6.38. The SMILES string of the molecule is C[C@@H](C1CC1)n1cc(-c2cc(N3CCS(=O)(=O)C(C)(C)C3)n(C)n2)c2[nH]nc(N)c2c1=O. The summed E-state index contributed by atoms with van der Waals surface area (Å²) in [5.74, 6) is 1.60. The molecule has 0 amide bonds. The second-order valence-electron chi connectivity index (χ2n) is 9.70. The van der Waals surface area contributed by atoms with Crippen molar-refractivity contribution in [1.29, 1.82) is 0 Å². The number of nitrogens with two attached hydrogens (primary N) is 1. The van der Waals surface area contributed by atoms with E-state index in [0.29, 0.717) is 35.6 Å². The van der Waals surface area contributed by atoms with Crippen LogP contribution in [-0.4, -0.2) is 56.6 Å². The van der Waals surface area contributed by atoms with E-state index in [0.717, 1.165) is 24.2 Å². The summed E-state index contributed by atoms with van der Waals surface area (Å²) < 4.78 is 27.5. The summed E-state index contributed by atoms with van der Waals surface area (Å²) >= 11 is 0. The van der Waals surface area contributed by atoms with Crippen LogP contribution in [0.25, 0.3) is 22.2 Å². The molecule has 0 radical (unpaired) electrons. The lowest BCUT2D eigenvalue weighted by atomic mass is 10.1. The Hall–Kier alpha value is -2.82. The van der Waals surface area contributed by atoms with Gasteiger partial charge in [-0.05, 0) is 39.5 Å². The summed E-state index contributed by atoms with van der Waals surface area (Å²) in [5, 5.41) is 12.1. The number of hydrogen-bond acceptors (Lipinski definition) is 7. The van der Waals surface area contributed by atoms with Crippen molar-refractivity contribution in [1.82, 2.24) is 24.5 Å². The summed E-state index contributed by atoms with van der Waals surface area (Å²) in [4.78, 5) is 15.2. The van der Waals surface area contributed by atoms with Crippen LogP contribution in [-0.2, 0) is 16.9 Å². The number of aromatic nitrogens is 5. The standard InChI is InChI=1S/C21H29N7O3S/c1-12(13-5-6-13)28-10-14(18-17(20(28)29)19(22)24-23-18)15-9-16(26(4)25-15)27-7-8-32(30,31)21(2,3)11-27/h9-10,12-13H,5-8,11H2,1-4H3,(H3,22,23,24)/t12-/m0/s1. The minimum Gasteiger partial charge on any atom is -0.382 e. The van der Waals surface area contributed by atoms with E-state index >= 15 is 0 Å². The minimum atomic E-state index is -3.14. The lowest BCUT2D eigenvalue weighted by Crippen LogP contribution is -2.53. The number of pyridine rings is 1. The molecule has 1 saturated carbocycles. The van der Waals surface area contributed by atoms with Crippen LogP contribution in [0.15, 0.2) is 17.1 Å². The maximum atomic E-state index is 13.2. The van der Waals surface area contributed by atoms with E-state index < -0.39 is 14.6 Å². The van der Waals surface area contributed by atoms with Crippen molar-refractivity contribution < 1.29 is 8.42 Å². The summed E-state index contributed by atoms with van der Waals surface area (Å²) in [5.41, 5.74) is 7.90. The summed E-state index contributed by atoms with van der Waals surface area (Å²) in [6, 6.07) is 2.01. The number of aromatic amines is 1. The fraction of sp³-hybridized carbons (Fsp3) is 0.571. The van der Waals surface area contributed by atoms with Crippen LogP contribution in [0.5, 0.6) is 0 Å². The molecule has 1 aliphatic carbocycles. The van der Waals surface area contributed by atoms with Crippen molar-refractivity contribution in [2.45, 2.75) is 44.4 Å². The maximum Gasteiger partial charge on any atom is 0.264 e. The normalized spacial score (nSPS) is 21.2. The van der Waals surface area contributed by atoms with Crippen LogP contribution < -0.4 is 16.2 Å². The Balaban J connectivity index is 1.61. The Morgan fingerprint density at radius 3 is 2.69 bits per heavy atom. The van der Waals surface area contributed by atoms with Crippen molar-refractivity contribution in [3.05, 3.63) is 22.6 Å². The van der Waals surface area contributed by atoms with Gasteiger partial charge in [0.15, 0.2) is 15.7 Å². The summed E-state index contributed by atoms with van der Waals surface area (Å²) in [6.07, 6.45) is 4.08. The zero-order valence-electron chi connectivity index (χ0n) is 18.8. The van der Waals surface area contributed by atoms with Gasteiger partial charge in [-0.2, -0.15) is 10.2 Å². The van der Waals surface area contributed by atoms with Crippen molar-refractivity contribution in [2.75, 3.05) is 29.5 Å². The van der Waals surface area contributed by atoms with Crippen molar-refractivity contribution in [2.24, 2.45) is 13.0 Å². The molecule has 0 spiro atoms. The van der Waals surface area contributed by atoms with Crippen LogP contribution in [0.2, 0.25) is 0 Å². The fourth-order valence-electron chi connectivity index (χ4n) is 4.69. The molecule has 2 fully saturated rings. The zero-order chi connectivity index (χ0) is 23.0. The highest BCUT2D eigenvalue weighted by molar-refractivity contribution is 7.92. The van der Waals surface area contributed by atoms with Gasteiger partial charge in [-0.25, -0.2) is 8.42 Å². The molecule has 5 rings (SSSR count). The first-order chi connectivity index (χ1) is 15.0. The number of nitrogens with one attached hydrogen (secondary N) is 1. The van der Waals surface area contributed by atoms with E-state index in [1.54, 1.807) is 23.1 Å². The Morgan fingerprint density at radius 1 is 1.31 bits per heavy atom. The van der Waals surface area contributed by atoms with E-state index in [2.05, 4.69) is 22.0 Å². The van der Waals surface area contributed by atoms with Gasteiger partial charge in [0.1, 0.15) is 11.2 Å². The van der Waals surface area contributed by atoms with Crippen LogP contribution in [0.3, 0.4) is 0 Å². The number of H-pyrrole nitrogens is 1. The monoisotopic (exact) mass is 459 g/mol. The molecule has 10 nitrogen and oxygen atoms in total. The van der Waals surface area contributed by atoms with E-state index in [-0.39, 0.29) is 23.2 Å². The zero-order valence-corrected chi connectivity index (χ0v) is 19.6.